The van der Waals surface area contributed by atoms with Crippen LogP contribution < -0.4 is 10.6 Å². The molecule has 2 heterocycles. The summed E-state index contributed by atoms with van der Waals surface area (Å²) >= 11 is 6.27. The first-order chi connectivity index (χ1) is 17.7. The molecule has 37 heavy (non-hydrogen) atoms. The van der Waals surface area contributed by atoms with Crippen LogP contribution in [-0.2, 0) is 17.6 Å². The third-order valence-electron chi connectivity index (χ3n) is 6.70. The number of para-hydroxylation sites is 1. The van der Waals surface area contributed by atoms with Crippen molar-refractivity contribution in [3.05, 3.63) is 76.4 Å². The molecule has 2 aliphatic rings. The van der Waals surface area contributed by atoms with E-state index in [2.05, 4.69) is 10.6 Å². The van der Waals surface area contributed by atoms with Crippen molar-refractivity contribution >= 4 is 29.5 Å². The minimum Gasteiger partial charge on any atom is -0.444 e. The van der Waals surface area contributed by atoms with Gasteiger partial charge in [0.25, 0.3) is 0 Å². The Balaban J connectivity index is 1.38. The number of nitrogens with zero attached hydrogens (tertiary/aromatic N) is 3. The number of halogens is 1. The Morgan fingerprint density at radius 1 is 1.05 bits per heavy atom. The van der Waals surface area contributed by atoms with Gasteiger partial charge in [0.05, 0.1) is 17.4 Å². The van der Waals surface area contributed by atoms with E-state index in [0.29, 0.717) is 23.9 Å². The number of anilines is 1. The molecule has 2 atom stereocenters. The lowest BCUT2D eigenvalue weighted by molar-refractivity contribution is 0.0289. The number of carbonyl (C=O) groups excluding carboxylic acids is 2. The summed E-state index contributed by atoms with van der Waals surface area (Å²) in [6.45, 7) is 6.26. The van der Waals surface area contributed by atoms with Crippen molar-refractivity contribution in [2.45, 2.75) is 57.6 Å². The maximum atomic E-state index is 13.4. The van der Waals surface area contributed by atoms with Gasteiger partial charge in [-0.3, -0.25) is 5.32 Å². The molecule has 194 valence electrons. The maximum Gasteiger partial charge on any atom is 0.410 e. The van der Waals surface area contributed by atoms with Crippen LogP contribution in [0.25, 0.3) is 5.69 Å². The number of likely N-dealkylation sites (tertiary alicyclic amines) is 1. The third kappa shape index (κ3) is 5.59. The van der Waals surface area contributed by atoms with Crippen molar-refractivity contribution in [3.63, 3.8) is 0 Å². The highest BCUT2D eigenvalue weighted by Crippen LogP contribution is 2.32. The number of aryl methyl sites for hydroxylation is 1. The third-order valence-corrected chi connectivity index (χ3v) is 6.94. The number of fused-ring (bicyclic) bond motifs is 1. The molecular weight excluding hydrogens is 490 g/mol. The predicted octanol–water partition coefficient (Wildman–Crippen LogP) is 5.54. The number of hydrogen-bond donors (Lipinski definition) is 2. The van der Waals surface area contributed by atoms with Crippen molar-refractivity contribution < 1.29 is 14.3 Å². The fourth-order valence-corrected chi connectivity index (χ4v) is 5.29. The largest absolute Gasteiger partial charge is 0.444 e. The van der Waals surface area contributed by atoms with Gasteiger partial charge >= 0.3 is 12.1 Å². The molecule has 1 saturated heterocycles. The predicted molar refractivity (Wildman–Crippen MR) is 144 cm³/mol. The van der Waals surface area contributed by atoms with Crippen LogP contribution in [0.1, 0.15) is 49.9 Å². The first-order valence-corrected chi connectivity index (χ1v) is 13.0. The summed E-state index contributed by atoms with van der Waals surface area (Å²) < 4.78 is 7.41. The number of benzene rings is 2. The van der Waals surface area contributed by atoms with Gasteiger partial charge in [-0.15, -0.1) is 0 Å². The van der Waals surface area contributed by atoms with Crippen molar-refractivity contribution in [1.29, 1.82) is 0 Å². The lowest BCUT2D eigenvalue weighted by atomic mass is 9.94. The monoisotopic (exact) mass is 521 g/mol. The molecule has 0 bridgehead atoms. The van der Waals surface area contributed by atoms with Crippen molar-refractivity contribution in [3.8, 4) is 5.69 Å². The highest BCUT2D eigenvalue weighted by molar-refractivity contribution is 6.30. The van der Waals surface area contributed by atoms with Gasteiger partial charge in [0.2, 0.25) is 0 Å². The molecule has 1 aromatic heterocycles. The molecule has 0 saturated carbocycles. The molecule has 2 aromatic carbocycles. The van der Waals surface area contributed by atoms with E-state index >= 15 is 0 Å². The van der Waals surface area contributed by atoms with Crippen LogP contribution >= 0.6 is 11.6 Å². The number of aromatic nitrogens is 2. The smallest absolute Gasteiger partial charge is 0.410 e. The topological polar surface area (TPSA) is 88.5 Å². The quantitative estimate of drug-likeness (QED) is 0.472. The van der Waals surface area contributed by atoms with E-state index in [9.17, 15) is 9.59 Å². The van der Waals surface area contributed by atoms with E-state index in [1.54, 1.807) is 9.58 Å². The number of rotatable bonds is 4. The number of urea groups is 1. The van der Waals surface area contributed by atoms with Crippen LogP contribution in [0.4, 0.5) is 15.4 Å². The number of nitrogens with one attached hydrogen (secondary N) is 2. The molecular formula is C28H32ClN5O3. The van der Waals surface area contributed by atoms with Gasteiger partial charge in [-0.2, -0.15) is 5.10 Å². The Morgan fingerprint density at radius 3 is 2.57 bits per heavy atom. The SMILES string of the molecule is CC(C)(C)OC(=O)N1CC(NC(=O)Nc2c3c(nn2-c2ccccc2)CCC3)C(c2cccc(Cl)c2)C1. The lowest BCUT2D eigenvalue weighted by Gasteiger charge is -2.24. The van der Waals surface area contributed by atoms with E-state index in [1.807, 2.05) is 75.4 Å². The maximum absolute atomic E-state index is 13.4. The first-order valence-electron chi connectivity index (χ1n) is 12.6. The molecule has 3 aromatic rings. The van der Waals surface area contributed by atoms with E-state index in [1.165, 1.54) is 0 Å². The summed E-state index contributed by atoms with van der Waals surface area (Å²) in [6.07, 6.45) is 2.40. The van der Waals surface area contributed by atoms with Crippen LogP contribution in [0.3, 0.4) is 0 Å². The minimum atomic E-state index is -0.609. The van der Waals surface area contributed by atoms with E-state index < -0.39 is 11.7 Å². The standard InChI is InChI=1S/C28H32ClN5O3/c1-28(2,3)37-27(36)33-16-22(18-9-7-10-19(29)15-18)24(17-33)30-26(35)31-25-21-13-8-14-23(21)32-34(25)20-11-5-4-6-12-20/h4-7,9-12,15,22,24H,8,13-14,16-17H2,1-3H3,(H2,30,31,35). The van der Waals surface area contributed by atoms with E-state index in [0.717, 1.165) is 41.8 Å². The zero-order valence-corrected chi connectivity index (χ0v) is 22.1. The molecule has 1 fully saturated rings. The molecule has 2 N–H and O–H groups in total. The second kappa shape index (κ2) is 10.1. The summed E-state index contributed by atoms with van der Waals surface area (Å²) in [5.74, 6) is 0.555. The van der Waals surface area contributed by atoms with Gasteiger partial charge in [0.15, 0.2) is 0 Å². The summed E-state index contributed by atoms with van der Waals surface area (Å²) in [7, 11) is 0. The fraction of sp³-hybridized carbons (Fsp3) is 0.393. The van der Waals surface area contributed by atoms with E-state index in [4.69, 9.17) is 21.4 Å². The van der Waals surface area contributed by atoms with Crippen molar-refractivity contribution in [2.75, 3.05) is 18.4 Å². The van der Waals surface area contributed by atoms with Crippen LogP contribution in [0.5, 0.6) is 0 Å². The van der Waals surface area contributed by atoms with Crippen molar-refractivity contribution in [1.82, 2.24) is 20.0 Å². The molecule has 5 rings (SSSR count). The molecule has 0 radical (unpaired) electrons. The van der Waals surface area contributed by atoms with Crippen LogP contribution in [0, 0.1) is 0 Å². The zero-order chi connectivity index (χ0) is 26.2. The fourth-order valence-electron chi connectivity index (χ4n) is 5.09. The number of ether oxygens (including phenoxy) is 1. The zero-order valence-electron chi connectivity index (χ0n) is 21.3. The van der Waals surface area contributed by atoms with Crippen LogP contribution in [0.15, 0.2) is 54.6 Å². The highest BCUT2D eigenvalue weighted by Gasteiger charge is 2.39. The molecule has 3 amide bonds. The molecule has 8 nitrogen and oxygen atoms in total. The Labute approximate surface area is 221 Å². The average molecular weight is 522 g/mol. The summed E-state index contributed by atoms with van der Waals surface area (Å²) in [5, 5.41) is 11.6. The highest BCUT2D eigenvalue weighted by atomic mass is 35.5. The van der Waals surface area contributed by atoms with Gasteiger partial charge in [0.1, 0.15) is 11.4 Å². The summed E-state index contributed by atoms with van der Waals surface area (Å²) in [5.41, 5.74) is 3.34. The molecule has 1 aliphatic carbocycles. The molecule has 9 heteroatoms. The molecule has 2 unspecified atom stereocenters. The number of amides is 3. The lowest BCUT2D eigenvalue weighted by Crippen LogP contribution is -2.43. The second-order valence-electron chi connectivity index (χ2n) is 10.6. The van der Waals surface area contributed by atoms with E-state index in [-0.39, 0.29) is 18.0 Å². The summed E-state index contributed by atoms with van der Waals surface area (Å²) in [4.78, 5) is 27.9. The van der Waals surface area contributed by atoms with Crippen LogP contribution in [-0.4, -0.2) is 51.5 Å². The Hall–Kier alpha value is -3.52. The van der Waals surface area contributed by atoms with Gasteiger partial charge in [-0.1, -0.05) is 41.9 Å². The summed E-state index contributed by atoms with van der Waals surface area (Å²) in [6, 6.07) is 16.7. The first kappa shape index (κ1) is 25.1. The van der Waals surface area contributed by atoms with Gasteiger partial charge < -0.3 is 15.0 Å². The minimum absolute atomic E-state index is 0.137. The normalized spacial score (nSPS) is 19.0. The van der Waals surface area contributed by atoms with Gasteiger partial charge in [0, 0.05) is 29.6 Å². The van der Waals surface area contributed by atoms with Crippen LogP contribution in [0.2, 0.25) is 5.02 Å². The Bertz CT molecular complexity index is 1300. The van der Waals surface area contributed by atoms with Gasteiger partial charge in [-0.25, -0.2) is 14.3 Å². The molecule has 1 aliphatic heterocycles. The number of hydrogen-bond acceptors (Lipinski definition) is 4. The van der Waals surface area contributed by atoms with Crippen molar-refractivity contribution in [2.24, 2.45) is 0 Å². The number of carbonyl (C=O) groups is 2. The van der Waals surface area contributed by atoms with Gasteiger partial charge in [-0.05, 0) is 69.9 Å². The Kier molecular flexibility index (Phi) is 6.86. The molecule has 0 spiro atoms. The average Bonchev–Trinajstić information content (AvgIpc) is 3.55. The Morgan fingerprint density at radius 2 is 1.84 bits per heavy atom. The second-order valence-corrected chi connectivity index (χ2v) is 11.1.